The molecule has 2 N–H and O–H groups in total. The fourth-order valence-electron chi connectivity index (χ4n) is 2.20. The van der Waals surface area contributed by atoms with Gasteiger partial charge in [-0.15, -0.1) is 11.8 Å². The van der Waals surface area contributed by atoms with Crippen LogP contribution in [0.1, 0.15) is 15.9 Å². The van der Waals surface area contributed by atoms with Gasteiger partial charge in [0.2, 0.25) is 5.91 Å². The zero-order chi connectivity index (χ0) is 17.6. The molecule has 2 aromatic rings. The molecule has 0 atom stereocenters. The lowest BCUT2D eigenvalue weighted by atomic mass is 10.1. The van der Waals surface area contributed by atoms with Crippen molar-refractivity contribution in [2.75, 3.05) is 19.0 Å². The molecule has 0 aromatic heterocycles. The van der Waals surface area contributed by atoms with Crippen LogP contribution in [0.2, 0.25) is 0 Å². The van der Waals surface area contributed by atoms with E-state index in [0.717, 1.165) is 10.5 Å². The molecule has 1 heterocycles. The highest BCUT2D eigenvalue weighted by atomic mass is 32.2. The lowest BCUT2D eigenvalue weighted by Crippen LogP contribution is -2.42. The van der Waals surface area contributed by atoms with Gasteiger partial charge in [0.1, 0.15) is 13.2 Å². The summed E-state index contributed by atoms with van der Waals surface area (Å²) in [7, 11) is 0. The van der Waals surface area contributed by atoms with Gasteiger partial charge in [0, 0.05) is 10.5 Å². The first-order valence-corrected chi connectivity index (χ1v) is 8.79. The standard InChI is InChI=1S/C18H18N2O4S/c1-12-2-4-13(5-3-12)18(22)20-19-17(21)11-25-14-6-7-15-16(10-14)24-9-8-23-15/h2-7,10H,8-9,11H2,1H3,(H,19,21)(H,20,22). The lowest BCUT2D eigenvalue weighted by Gasteiger charge is -2.18. The Hall–Kier alpha value is -2.67. The third-order valence-corrected chi connectivity index (χ3v) is 4.51. The first-order chi connectivity index (χ1) is 12.1. The maximum absolute atomic E-state index is 11.9. The summed E-state index contributed by atoms with van der Waals surface area (Å²) < 4.78 is 11.0. The van der Waals surface area contributed by atoms with Crippen molar-refractivity contribution in [3.63, 3.8) is 0 Å². The molecule has 25 heavy (non-hydrogen) atoms. The Labute approximate surface area is 149 Å². The molecule has 0 unspecified atom stereocenters. The highest BCUT2D eigenvalue weighted by Crippen LogP contribution is 2.34. The SMILES string of the molecule is Cc1ccc(C(=O)NNC(=O)CSc2ccc3c(c2)OCCO3)cc1. The molecular weight excluding hydrogens is 340 g/mol. The van der Waals surface area contributed by atoms with E-state index in [9.17, 15) is 9.59 Å². The van der Waals surface area contributed by atoms with E-state index in [-0.39, 0.29) is 17.6 Å². The topological polar surface area (TPSA) is 76.7 Å². The van der Waals surface area contributed by atoms with Crippen molar-refractivity contribution in [3.05, 3.63) is 53.6 Å². The molecule has 1 aliphatic heterocycles. The van der Waals surface area contributed by atoms with Crippen molar-refractivity contribution in [2.24, 2.45) is 0 Å². The van der Waals surface area contributed by atoms with E-state index >= 15 is 0 Å². The second kappa shape index (κ2) is 7.94. The van der Waals surface area contributed by atoms with E-state index in [2.05, 4.69) is 10.9 Å². The second-order valence-electron chi connectivity index (χ2n) is 5.46. The minimum Gasteiger partial charge on any atom is -0.486 e. The van der Waals surface area contributed by atoms with Gasteiger partial charge in [-0.05, 0) is 37.3 Å². The molecule has 2 amide bonds. The Bertz CT molecular complexity index is 777. The number of amides is 2. The van der Waals surface area contributed by atoms with E-state index < -0.39 is 0 Å². The molecule has 7 heteroatoms. The minimum absolute atomic E-state index is 0.174. The predicted molar refractivity (Wildman–Crippen MR) is 94.9 cm³/mol. The number of rotatable bonds is 4. The van der Waals surface area contributed by atoms with Crippen LogP contribution < -0.4 is 20.3 Å². The average molecular weight is 358 g/mol. The molecule has 0 fully saturated rings. The van der Waals surface area contributed by atoms with Crippen LogP contribution in [0.25, 0.3) is 0 Å². The van der Waals surface area contributed by atoms with Crippen LogP contribution in [-0.4, -0.2) is 30.8 Å². The summed E-state index contributed by atoms with van der Waals surface area (Å²) in [5.41, 5.74) is 6.38. The van der Waals surface area contributed by atoms with E-state index in [1.54, 1.807) is 12.1 Å². The number of carbonyl (C=O) groups is 2. The van der Waals surface area contributed by atoms with E-state index in [4.69, 9.17) is 9.47 Å². The Kier molecular flexibility index (Phi) is 5.45. The first kappa shape index (κ1) is 17.2. The van der Waals surface area contributed by atoms with Crippen LogP contribution in [0.3, 0.4) is 0 Å². The summed E-state index contributed by atoms with van der Waals surface area (Å²) in [5, 5.41) is 0. The van der Waals surface area contributed by atoms with Crippen molar-refractivity contribution >= 4 is 23.6 Å². The number of hydrazine groups is 1. The summed E-state index contributed by atoms with van der Waals surface area (Å²) in [6, 6.07) is 12.6. The summed E-state index contributed by atoms with van der Waals surface area (Å²) in [6.45, 7) is 3.01. The Morgan fingerprint density at radius 3 is 2.48 bits per heavy atom. The smallest absolute Gasteiger partial charge is 0.269 e. The molecule has 6 nitrogen and oxygen atoms in total. The lowest BCUT2D eigenvalue weighted by molar-refractivity contribution is -0.119. The molecule has 0 spiro atoms. The van der Waals surface area contributed by atoms with Crippen LogP contribution in [-0.2, 0) is 4.79 Å². The maximum Gasteiger partial charge on any atom is 0.269 e. The number of fused-ring (bicyclic) bond motifs is 1. The Morgan fingerprint density at radius 2 is 1.72 bits per heavy atom. The van der Waals surface area contributed by atoms with Crippen molar-refractivity contribution < 1.29 is 19.1 Å². The highest BCUT2D eigenvalue weighted by molar-refractivity contribution is 8.00. The van der Waals surface area contributed by atoms with Gasteiger partial charge in [0.25, 0.3) is 5.91 Å². The van der Waals surface area contributed by atoms with Gasteiger partial charge >= 0.3 is 0 Å². The quantitative estimate of drug-likeness (QED) is 0.648. The van der Waals surface area contributed by atoms with Crippen LogP contribution in [0.15, 0.2) is 47.4 Å². The molecule has 2 aromatic carbocycles. The molecular formula is C18H18N2O4S. The maximum atomic E-state index is 11.9. The normalized spacial score (nSPS) is 12.4. The number of nitrogens with one attached hydrogen (secondary N) is 2. The summed E-state index contributed by atoms with van der Waals surface area (Å²) >= 11 is 1.35. The summed E-state index contributed by atoms with van der Waals surface area (Å²) in [5.74, 6) is 0.932. The molecule has 0 radical (unpaired) electrons. The zero-order valence-electron chi connectivity index (χ0n) is 13.7. The van der Waals surface area contributed by atoms with Crippen LogP contribution in [0.5, 0.6) is 11.5 Å². The van der Waals surface area contributed by atoms with Crippen LogP contribution >= 0.6 is 11.8 Å². The molecule has 0 saturated carbocycles. The van der Waals surface area contributed by atoms with Gasteiger partial charge in [-0.25, -0.2) is 0 Å². The molecule has 130 valence electrons. The molecule has 0 saturated heterocycles. The van der Waals surface area contributed by atoms with Crippen molar-refractivity contribution in [1.82, 2.24) is 10.9 Å². The predicted octanol–water partition coefficient (Wildman–Crippen LogP) is 2.32. The number of aryl methyl sites for hydroxylation is 1. The first-order valence-electron chi connectivity index (χ1n) is 7.80. The average Bonchev–Trinajstić information content (AvgIpc) is 2.65. The van der Waals surface area contributed by atoms with Crippen molar-refractivity contribution in [3.8, 4) is 11.5 Å². The number of thioether (sulfide) groups is 1. The van der Waals surface area contributed by atoms with Gasteiger partial charge in [-0.2, -0.15) is 0 Å². The number of hydrogen-bond donors (Lipinski definition) is 2. The number of ether oxygens (including phenoxy) is 2. The van der Waals surface area contributed by atoms with Gasteiger partial charge in [-0.3, -0.25) is 20.4 Å². The summed E-state index contributed by atoms with van der Waals surface area (Å²) in [6.07, 6.45) is 0. The molecule has 1 aliphatic rings. The van der Waals surface area contributed by atoms with Crippen LogP contribution in [0, 0.1) is 6.92 Å². The highest BCUT2D eigenvalue weighted by Gasteiger charge is 2.13. The fraction of sp³-hybridized carbons (Fsp3) is 0.222. The van der Waals surface area contributed by atoms with Crippen molar-refractivity contribution in [2.45, 2.75) is 11.8 Å². The Morgan fingerprint density at radius 1 is 1.00 bits per heavy atom. The van der Waals surface area contributed by atoms with Crippen molar-refractivity contribution in [1.29, 1.82) is 0 Å². The molecule has 0 aliphatic carbocycles. The summed E-state index contributed by atoms with van der Waals surface area (Å²) in [4.78, 5) is 24.7. The molecule has 3 rings (SSSR count). The fourth-order valence-corrected chi connectivity index (χ4v) is 2.93. The number of hydrogen-bond acceptors (Lipinski definition) is 5. The van der Waals surface area contributed by atoms with E-state index in [1.165, 1.54) is 11.8 Å². The van der Waals surface area contributed by atoms with Gasteiger partial charge in [-0.1, -0.05) is 17.7 Å². The minimum atomic E-state index is -0.349. The van der Waals surface area contributed by atoms with E-state index in [1.807, 2.05) is 37.3 Å². The van der Waals surface area contributed by atoms with Gasteiger partial charge in [0.05, 0.1) is 5.75 Å². The number of carbonyl (C=O) groups excluding carboxylic acids is 2. The number of benzene rings is 2. The largest absolute Gasteiger partial charge is 0.486 e. The second-order valence-corrected chi connectivity index (χ2v) is 6.51. The van der Waals surface area contributed by atoms with Crippen LogP contribution in [0.4, 0.5) is 0 Å². The van der Waals surface area contributed by atoms with Gasteiger partial charge < -0.3 is 9.47 Å². The monoisotopic (exact) mass is 358 g/mol. The third kappa shape index (κ3) is 4.67. The Balaban J connectivity index is 1.46. The molecule has 0 bridgehead atoms. The third-order valence-electron chi connectivity index (χ3n) is 3.51. The van der Waals surface area contributed by atoms with E-state index in [0.29, 0.717) is 30.3 Å². The zero-order valence-corrected chi connectivity index (χ0v) is 14.5. The van der Waals surface area contributed by atoms with Gasteiger partial charge in [0.15, 0.2) is 11.5 Å².